The van der Waals surface area contributed by atoms with Crippen molar-refractivity contribution in [1.82, 2.24) is 9.55 Å². The zero-order valence-corrected chi connectivity index (χ0v) is 19.0. The number of carbonyl (C=O) groups excluding carboxylic acids is 1. The maximum absolute atomic E-state index is 12.6. The van der Waals surface area contributed by atoms with E-state index in [0.29, 0.717) is 11.1 Å². The van der Waals surface area contributed by atoms with Crippen molar-refractivity contribution in [3.8, 4) is 11.1 Å². The number of esters is 1. The number of H-pyrrole nitrogens is 1. The maximum atomic E-state index is 12.6. The molecular formula is C26H26N2O6. The molecule has 3 aromatic rings. The van der Waals surface area contributed by atoms with E-state index in [1.54, 1.807) is 19.1 Å². The van der Waals surface area contributed by atoms with Crippen LogP contribution in [0, 0.1) is 12.8 Å². The highest BCUT2D eigenvalue weighted by atomic mass is 16.6. The lowest BCUT2D eigenvalue weighted by Gasteiger charge is -2.22. The van der Waals surface area contributed by atoms with Gasteiger partial charge in [-0.15, -0.1) is 0 Å². The van der Waals surface area contributed by atoms with Crippen LogP contribution in [0.15, 0.2) is 83.2 Å². The fourth-order valence-corrected chi connectivity index (χ4v) is 4.01. The van der Waals surface area contributed by atoms with Crippen molar-refractivity contribution >= 4 is 5.97 Å². The van der Waals surface area contributed by atoms with E-state index in [9.17, 15) is 14.4 Å². The number of carbonyl (C=O) groups is 1. The van der Waals surface area contributed by atoms with Crippen molar-refractivity contribution in [2.75, 3.05) is 6.61 Å². The van der Waals surface area contributed by atoms with Crippen molar-refractivity contribution in [2.24, 2.45) is 5.92 Å². The Morgan fingerprint density at radius 3 is 2.47 bits per heavy atom. The van der Waals surface area contributed by atoms with Crippen LogP contribution in [0.4, 0.5) is 0 Å². The Kier molecular flexibility index (Phi) is 6.79. The van der Waals surface area contributed by atoms with E-state index in [4.69, 9.17) is 14.2 Å². The van der Waals surface area contributed by atoms with Gasteiger partial charge in [0.1, 0.15) is 18.8 Å². The molecule has 0 radical (unpaired) electrons. The van der Waals surface area contributed by atoms with Crippen LogP contribution in [0.25, 0.3) is 11.1 Å². The van der Waals surface area contributed by atoms with E-state index in [0.717, 1.165) is 11.1 Å². The third kappa shape index (κ3) is 4.72. The lowest BCUT2D eigenvalue weighted by molar-refractivity contribution is -0.0598. The van der Waals surface area contributed by atoms with Gasteiger partial charge in [-0.3, -0.25) is 14.3 Å². The van der Waals surface area contributed by atoms with Gasteiger partial charge in [-0.05, 0) is 30.2 Å². The van der Waals surface area contributed by atoms with Gasteiger partial charge in [-0.2, -0.15) is 0 Å². The fourth-order valence-electron chi connectivity index (χ4n) is 4.01. The molecule has 0 spiro atoms. The molecule has 1 N–H and O–H groups in total. The number of benzene rings is 2. The molecule has 8 nitrogen and oxygen atoms in total. The van der Waals surface area contributed by atoms with Gasteiger partial charge in [-0.25, -0.2) is 9.59 Å². The highest BCUT2D eigenvalue weighted by molar-refractivity contribution is 5.90. The summed E-state index contributed by atoms with van der Waals surface area (Å²) in [6.07, 6.45) is 0.811. The molecule has 176 valence electrons. The van der Waals surface area contributed by atoms with E-state index >= 15 is 0 Å². The van der Waals surface area contributed by atoms with Crippen LogP contribution in [0.5, 0.6) is 0 Å². The van der Waals surface area contributed by atoms with Gasteiger partial charge in [0.25, 0.3) is 5.56 Å². The Labute approximate surface area is 196 Å². The van der Waals surface area contributed by atoms with E-state index in [-0.39, 0.29) is 12.5 Å². The predicted molar refractivity (Wildman–Crippen MR) is 126 cm³/mol. The second-order valence-electron chi connectivity index (χ2n) is 8.21. The van der Waals surface area contributed by atoms with Crippen molar-refractivity contribution < 1.29 is 19.0 Å². The summed E-state index contributed by atoms with van der Waals surface area (Å²) in [5.74, 6) is -0.701. The molecule has 1 aliphatic heterocycles. The Balaban J connectivity index is 1.46. The molecule has 1 fully saturated rings. The van der Waals surface area contributed by atoms with E-state index in [1.165, 1.54) is 17.0 Å². The van der Waals surface area contributed by atoms with Crippen molar-refractivity contribution in [2.45, 2.75) is 32.3 Å². The maximum Gasteiger partial charge on any atom is 0.338 e. The number of aromatic amines is 1. The minimum absolute atomic E-state index is 0.0228. The van der Waals surface area contributed by atoms with E-state index < -0.39 is 35.7 Å². The average molecular weight is 463 g/mol. The van der Waals surface area contributed by atoms with Crippen LogP contribution >= 0.6 is 0 Å². The number of ether oxygens (including phenoxy) is 3. The smallest absolute Gasteiger partial charge is 0.338 e. The van der Waals surface area contributed by atoms with E-state index in [2.05, 4.69) is 11.6 Å². The minimum Gasteiger partial charge on any atom is -0.494 e. The number of aryl methyl sites for hydroxylation is 1. The third-order valence-electron chi connectivity index (χ3n) is 5.98. The second kappa shape index (κ2) is 9.93. The summed E-state index contributed by atoms with van der Waals surface area (Å²) >= 11 is 0. The van der Waals surface area contributed by atoms with Gasteiger partial charge in [0, 0.05) is 17.7 Å². The highest BCUT2D eigenvalue weighted by Crippen LogP contribution is 2.35. The quantitative estimate of drug-likeness (QED) is 0.427. The van der Waals surface area contributed by atoms with Crippen LogP contribution < -0.4 is 11.2 Å². The van der Waals surface area contributed by atoms with Gasteiger partial charge in [0.05, 0.1) is 11.8 Å². The molecule has 1 saturated heterocycles. The minimum atomic E-state index is -0.815. The van der Waals surface area contributed by atoms with Gasteiger partial charge in [0.2, 0.25) is 0 Å². The summed E-state index contributed by atoms with van der Waals surface area (Å²) in [7, 11) is 0. The molecule has 4 unspecified atom stereocenters. The average Bonchev–Trinajstić information content (AvgIpc) is 3.15. The molecule has 8 heteroatoms. The fraction of sp³-hybridized carbons (Fsp3) is 0.269. The Bertz CT molecular complexity index is 1280. The third-order valence-corrected chi connectivity index (χ3v) is 5.98. The molecule has 4 atom stereocenters. The standard InChI is InChI=1S/C26H26N2O6/c1-4-32-22-17(3)21(34-24(22)28-14-16(2)23(29)27-26(28)31)15-33-25(30)20-12-10-19(11-13-20)18-8-6-5-7-9-18/h4-14,17,21-22,24H,1,15H2,2-3H3,(H,27,29,31). The van der Waals surface area contributed by atoms with Gasteiger partial charge in [0.15, 0.2) is 6.23 Å². The van der Waals surface area contributed by atoms with Crippen LogP contribution in [-0.2, 0) is 14.2 Å². The van der Waals surface area contributed by atoms with Crippen LogP contribution in [-0.4, -0.2) is 34.3 Å². The summed E-state index contributed by atoms with van der Waals surface area (Å²) in [4.78, 5) is 39.0. The largest absolute Gasteiger partial charge is 0.494 e. The number of nitrogens with zero attached hydrogens (tertiary/aromatic N) is 1. The molecule has 0 aliphatic carbocycles. The summed E-state index contributed by atoms with van der Waals surface area (Å²) in [5.41, 5.74) is 1.77. The van der Waals surface area contributed by atoms with Crippen LogP contribution in [0.3, 0.4) is 0 Å². The normalized spacial score (nSPS) is 21.7. The molecule has 0 bridgehead atoms. The molecule has 34 heavy (non-hydrogen) atoms. The van der Waals surface area contributed by atoms with Gasteiger partial charge >= 0.3 is 11.7 Å². The number of nitrogens with one attached hydrogen (secondary N) is 1. The number of rotatable bonds is 7. The Morgan fingerprint density at radius 2 is 1.79 bits per heavy atom. The molecule has 2 heterocycles. The molecule has 2 aromatic carbocycles. The van der Waals surface area contributed by atoms with Crippen LogP contribution in [0.1, 0.15) is 29.1 Å². The van der Waals surface area contributed by atoms with Crippen LogP contribution in [0.2, 0.25) is 0 Å². The zero-order valence-electron chi connectivity index (χ0n) is 19.0. The van der Waals surface area contributed by atoms with Gasteiger partial charge in [-0.1, -0.05) is 56.0 Å². The van der Waals surface area contributed by atoms with Crippen molar-refractivity contribution in [1.29, 1.82) is 0 Å². The molecular weight excluding hydrogens is 436 g/mol. The monoisotopic (exact) mass is 462 g/mol. The first-order valence-corrected chi connectivity index (χ1v) is 11.0. The summed E-state index contributed by atoms with van der Waals surface area (Å²) in [6, 6.07) is 17.0. The van der Waals surface area contributed by atoms with Gasteiger partial charge < -0.3 is 14.2 Å². The second-order valence-corrected chi connectivity index (χ2v) is 8.21. The topological polar surface area (TPSA) is 99.6 Å². The Morgan fingerprint density at radius 1 is 1.12 bits per heavy atom. The van der Waals surface area contributed by atoms with Crippen molar-refractivity contribution in [3.05, 3.63) is 106 Å². The Hall–Kier alpha value is -3.91. The first kappa shape index (κ1) is 23.3. The summed E-state index contributed by atoms with van der Waals surface area (Å²) in [6.45, 7) is 7.05. The molecule has 1 aromatic heterocycles. The lowest BCUT2D eigenvalue weighted by atomic mass is 10.0. The molecule has 0 saturated carbocycles. The van der Waals surface area contributed by atoms with E-state index in [1.807, 2.05) is 49.4 Å². The first-order valence-electron chi connectivity index (χ1n) is 11.0. The molecule has 4 rings (SSSR count). The molecule has 0 amide bonds. The SMILES string of the molecule is C=COC1C(C)C(COC(=O)c2ccc(-c3ccccc3)cc2)OC1n1cc(C)c(=O)[nH]c1=O. The van der Waals surface area contributed by atoms with Crippen molar-refractivity contribution in [3.63, 3.8) is 0 Å². The zero-order chi connectivity index (χ0) is 24.2. The lowest BCUT2D eigenvalue weighted by Crippen LogP contribution is -2.37. The number of hydrogen-bond acceptors (Lipinski definition) is 6. The number of hydrogen-bond donors (Lipinski definition) is 1. The summed E-state index contributed by atoms with van der Waals surface area (Å²) in [5, 5.41) is 0. The predicted octanol–water partition coefficient (Wildman–Crippen LogP) is 3.43. The first-order chi connectivity index (χ1) is 16.4. The number of aromatic nitrogens is 2. The highest BCUT2D eigenvalue weighted by Gasteiger charge is 2.45. The molecule has 1 aliphatic rings. The summed E-state index contributed by atoms with van der Waals surface area (Å²) < 4.78 is 18.5.